The third-order valence-corrected chi connectivity index (χ3v) is 2.77. The maximum absolute atomic E-state index is 12.7. The summed E-state index contributed by atoms with van der Waals surface area (Å²) in [5.41, 5.74) is 0.700. The molecular weight excluding hydrogens is 255 g/mol. The van der Waals surface area contributed by atoms with E-state index in [1.165, 1.54) is 10.9 Å². The molecule has 2 heterocycles. The molecule has 0 aliphatic carbocycles. The van der Waals surface area contributed by atoms with Gasteiger partial charge in [-0.25, -0.2) is 9.97 Å². The van der Waals surface area contributed by atoms with Crippen LogP contribution >= 0.6 is 0 Å². The predicted octanol–water partition coefficient (Wildman–Crippen LogP) is 3.44. The molecule has 3 aromatic rings. The molecule has 3 nitrogen and oxygen atoms in total. The lowest BCUT2D eigenvalue weighted by molar-refractivity contribution is -0.137. The van der Waals surface area contributed by atoms with E-state index in [2.05, 4.69) is 9.97 Å². The summed E-state index contributed by atoms with van der Waals surface area (Å²) in [5, 5.41) is 0. The minimum atomic E-state index is -4.38. The summed E-state index contributed by atoms with van der Waals surface area (Å²) < 4.78 is 39.5. The highest BCUT2D eigenvalue weighted by molar-refractivity contribution is 5.76. The molecule has 0 aliphatic rings. The molecule has 19 heavy (non-hydrogen) atoms. The number of alkyl halides is 3. The van der Waals surface area contributed by atoms with E-state index in [0.717, 1.165) is 18.3 Å². The summed E-state index contributed by atoms with van der Waals surface area (Å²) in [4.78, 5) is 8.10. The zero-order chi connectivity index (χ0) is 13.5. The van der Waals surface area contributed by atoms with Gasteiger partial charge in [-0.3, -0.25) is 4.57 Å². The molecule has 0 unspecified atom stereocenters. The molecule has 6 heteroatoms. The number of para-hydroxylation sites is 2. The van der Waals surface area contributed by atoms with Gasteiger partial charge in [-0.15, -0.1) is 0 Å². The van der Waals surface area contributed by atoms with Crippen molar-refractivity contribution in [2.75, 3.05) is 0 Å². The molecule has 0 radical (unpaired) electrons. The van der Waals surface area contributed by atoms with Crippen LogP contribution in [0.3, 0.4) is 0 Å². The second kappa shape index (κ2) is 4.08. The van der Waals surface area contributed by atoms with Crippen molar-refractivity contribution >= 4 is 11.0 Å². The van der Waals surface area contributed by atoms with Gasteiger partial charge < -0.3 is 0 Å². The van der Waals surface area contributed by atoms with E-state index in [1.807, 2.05) is 6.07 Å². The van der Waals surface area contributed by atoms with E-state index < -0.39 is 11.7 Å². The van der Waals surface area contributed by atoms with Gasteiger partial charge >= 0.3 is 6.18 Å². The summed E-state index contributed by atoms with van der Waals surface area (Å²) in [6.07, 6.45) is -1.77. The molecule has 0 N–H and O–H groups in total. The van der Waals surface area contributed by atoms with Crippen LogP contribution in [-0.2, 0) is 6.18 Å². The molecule has 0 spiro atoms. The Bertz CT molecular complexity index is 731. The second-order valence-electron chi connectivity index (χ2n) is 4.00. The van der Waals surface area contributed by atoms with Gasteiger partial charge in [-0.05, 0) is 24.3 Å². The number of halogens is 3. The molecule has 0 saturated heterocycles. The molecule has 3 rings (SSSR count). The van der Waals surface area contributed by atoms with Crippen molar-refractivity contribution in [1.82, 2.24) is 14.5 Å². The number of nitrogens with zero attached hydrogens (tertiary/aromatic N) is 3. The third-order valence-electron chi connectivity index (χ3n) is 2.77. The largest absolute Gasteiger partial charge is 0.416 e. The van der Waals surface area contributed by atoms with Gasteiger partial charge in [0.15, 0.2) is 0 Å². The van der Waals surface area contributed by atoms with Crippen LogP contribution < -0.4 is 0 Å². The van der Waals surface area contributed by atoms with Crippen molar-refractivity contribution in [2.24, 2.45) is 0 Å². The van der Waals surface area contributed by atoms with Crippen LogP contribution in [0.1, 0.15) is 5.56 Å². The van der Waals surface area contributed by atoms with Gasteiger partial charge in [0.25, 0.3) is 0 Å². The first-order valence-corrected chi connectivity index (χ1v) is 5.51. The van der Waals surface area contributed by atoms with Gasteiger partial charge in [0.1, 0.15) is 12.1 Å². The molecule has 1 aromatic carbocycles. The Labute approximate surface area is 106 Å². The number of rotatable bonds is 1. The van der Waals surface area contributed by atoms with Crippen LogP contribution in [0.15, 0.2) is 48.9 Å². The zero-order valence-corrected chi connectivity index (χ0v) is 9.59. The Morgan fingerprint density at radius 3 is 2.58 bits per heavy atom. The third kappa shape index (κ3) is 2.05. The lowest BCUT2D eigenvalue weighted by Gasteiger charge is -2.08. The Hall–Kier alpha value is -2.37. The highest BCUT2D eigenvalue weighted by atomic mass is 19.4. The lowest BCUT2D eigenvalue weighted by atomic mass is 10.2. The van der Waals surface area contributed by atoms with Crippen LogP contribution in [0.4, 0.5) is 13.2 Å². The van der Waals surface area contributed by atoms with Crippen LogP contribution in [0.5, 0.6) is 0 Å². The standard InChI is InChI=1S/C13H8F3N3/c14-13(15,16)9-5-6-17-12(7-9)19-8-18-10-3-1-2-4-11(10)19/h1-8H. The molecule has 0 fully saturated rings. The van der Waals surface area contributed by atoms with Crippen molar-refractivity contribution in [3.05, 3.63) is 54.5 Å². The monoisotopic (exact) mass is 263 g/mol. The number of benzene rings is 1. The number of aromatic nitrogens is 3. The Kier molecular flexibility index (Phi) is 2.51. The van der Waals surface area contributed by atoms with Gasteiger partial charge in [0.2, 0.25) is 0 Å². The lowest BCUT2D eigenvalue weighted by Crippen LogP contribution is -2.07. The van der Waals surface area contributed by atoms with E-state index in [0.29, 0.717) is 11.0 Å². The number of hydrogen-bond acceptors (Lipinski definition) is 2. The van der Waals surface area contributed by atoms with Crippen molar-refractivity contribution in [3.8, 4) is 5.82 Å². The summed E-state index contributed by atoms with van der Waals surface area (Å²) in [7, 11) is 0. The first kappa shape index (κ1) is 11.7. The molecule has 96 valence electrons. The number of imidazole rings is 1. The van der Waals surface area contributed by atoms with E-state index in [4.69, 9.17) is 0 Å². The van der Waals surface area contributed by atoms with Gasteiger partial charge in [-0.2, -0.15) is 13.2 Å². The number of pyridine rings is 1. The second-order valence-corrected chi connectivity index (χ2v) is 4.00. The van der Waals surface area contributed by atoms with E-state index in [9.17, 15) is 13.2 Å². The molecule has 0 bridgehead atoms. The first-order valence-electron chi connectivity index (χ1n) is 5.51. The fourth-order valence-electron chi connectivity index (χ4n) is 1.87. The molecule has 0 atom stereocenters. The Balaban J connectivity index is 2.17. The Morgan fingerprint density at radius 1 is 1.00 bits per heavy atom. The summed E-state index contributed by atoms with van der Waals surface area (Å²) >= 11 is 0. The highest BCUT2D eigenvalue weighted by Crippen LogP contribution is 2.30. The molecule has 0 amide bonds. The average Bonchev–Trinajstić information content (AvgIpc) is 2.82. The van der Waals surface area contributed by atoms with Crippen molar-refractivity contribution in [1.29, 1.82) is 0 Å². The maximum atomic E-state index is 12.7. The van der Waals surface area contributed by atoms with Crippen molar-refractivity contribution < 1.29 is 13.2 Å². The zero-order valence-electron chi connectivity index (χ0n) is 9.59. The number of fused-ring (bicyclic) bond motifs is 1. The highest BCUT2D eigenvalue weighted by Gasteiger charge is 2.30. The summed E-state index contributed by atoms with van der Waals surface area (Å²) in [6.45, 7) is 0. The first-order chi connectivity index (χ1) is 9.05. The SMILES string of the molecule is FC(F)(F)c1ccnc(-n2cnc3ccccc32)c1. The topological polar surface area (TPSA) is 30.7 Å². The molecule has 0 aliphatic heterocycles. The van der Waals surface area contributed by atoms with Crippen molar-refractivity contribution in [2.45, 2.75) is 6.18 Å². The van der Waals surface area contributed by atoms with Gasteiger partial charge in [0, 0.05) is 6.20 Å². The minimum absolute atomic E-state index is 0.198. The van der Waals surface area contributed by atoms with Crippen LogP contribution in [0.25, 0.3) is 16.9 Å². The van der Waals surface area contributed by atoms with E-state index >= 15 is 0 Å². The van der Waals surface area contributed by atoms with Crippen LogP contribution in [0.2, 0.25) is 0 Å². The summed E-state index contributed by atoms with van der Waals surface area (Å²) in [6, 6.07) is 9.15. The maximum Gasteiger partial charge on any atom is 0.416 e. The van der Waals surface area contributed by atoms with E-state index in [1.54, 1.807) is 18.2 Å². The van der Waals surface area contributed by atoms with Gasteiger partial charge in [-0.1, -0.05) is 12.1 Å². The fraction of sp³-hybridized carbons (Fsp3) is 0.0769. The van der Waals surface area contributed by atoms with Crippen LogP contribution in [0, 0.1) is 0 Å². The number of hydrogen-bond donors (Lipinski definition) is 0. The normalized spacial score (nSPS) is 11.9. The average molecular weight is 263 g/mol. The quantitative estimate of drug-likeness (QED) is 0.673. The van der Waals surface area contributed by atoms with E-state index in [-0.39, 0.29) is 5.82 Å². The Morgan fingerprint density at radius 2 is 1.79 bits per heavy atom. The predicted molar refractivity (Wildman–Crippen MR) is 63.9 cm³/mol. The fourth-order valence-corrected chi connectivity index (χ4v) is 1.87. The van der Waals surface area contributed by atoms with Gasteiger partial charge in [0.05, 0.1) is 16.6 Å². The molecule has 2 aromatic heterocycles. The van der Waals surface area contributed by atoms with Crippen LogP contribution in [-0.4, -0.2) is 14.5 Å². The summed E-state index contributed by atoms with van der Waals surface area (Å²) in [5.74, 6) is 0.198. The smallest absolute Gasteiger partial charge is 0.283 e. The molecular formula is C13H8F3N3. The molecule has 0 saturated carbocycles. The minimum Gasteiger partial charge on any atom is -0.283 e. The van der Waals surface area contributed by atoms with Crippen molar-refractivity contribution in [3.63, 3.8) is 0 Å².